The second kappa shape index (κ2) is 7.33. The summed E-state index contributed by atoms with van der Waals surface area (Å²) in [6, 6.07) is 10.4. The van der Waals surface area contributed by atoms with Crippen LogP contribution in [0.2, 0.25) is 0 Å². The molecule has 0 unspecified atom stereocenters. The van der Waals surface area contributed by atoms with Crippen LogP contribution in [-0.2, 0) is 19.4 Å². The number of rotatable bonds is 5. The molecular weight excluding hydrogens is 358 g/mol. The van der Waals surface area contributed by atoms with Crippen molar-refractivity contribution in [2.24, 2.45) is 0 Å². The lowest BCUT2D eigenvalue weighted by Gasteiger charge is -2.12. The number of methoxy groups -OCH3 is 1. The zero-order valence-corrected chi connectivity index (χ0v) is 15.0. The molecule has 3 rings (SSSR count). The van der Waals surface area contributed by atoms with E-state index in [1.807, 2.05) is 24.3 Å². The molecule has 1 fully saturated rings. The fourth-order valence-electron chi connectivity index (χ4n) is 2.93. The van der Waals surface area contributed by atoms with Crippen LogP contribution < -0.4 is 10.1 Å². The average Bonchev–Trinajstić information content (AvgIpc) is 2.96. The predicted octanol–water partition coefficient (Wildman–Crippen LogP) is 1.31. The SMILES string of the molecule is COc1cc2ccccc2cc1C(=O)OCC(=O)N[C@H]1CCS(=O)(=O)C1. The molecule has 1 heterocycles. The lowest BCUT2D eigenvalue weighted by atomic mass is 10.1. The highest BCUT2D eigenvalue weighted by molar-refractivity contribution is 7.91. The summed E-state index contributed by atoms with van der Waals surface area (Å²) in [5.41, 5.74) is 0.224. The van der Waals surface area contributed by atoms with Gasteiger partial charge in [-0.25, -0.2) is 13.2 Å². The fourth-order valence-corrected chi connectivity index (χ4v) is 4.61. The van der Waals surface area contributed by atoms with Crippen molar-refractivity contribution in [1.82, 2.24) is 5.32 Å². The third-order valence-electron chi connectivity index (χ3n) is 4.22. The van der Waals surface area contributed by atoms with Gasteiger partial charge in [-0.1, -0.05) is 24.3 Å². The molecular formula is C18H19NO6S. The molecule has 1 amide bonds. The van der Waals surface area contributed by atoms with Crippen LogP contribution in [0.15, 0.2) is 36.4 Å². The average molecular weight is 377 g/mol. The first-order valence-electron chi connectivity index (χ1n) is 8.11. The summed E-state index contributed by atoms with van der Waals surface area (Å²) in [5.74, 6) is -0.866. The largest absolute Gasteiger partial charge is 0.496 e. The molecule has 8 heteroatoms. The lowest BCUT2D eigenvalue weighted by Crippen LogP contribution is -2.38. The number of nitrogens with one attached hydrogen (secondary N) is 1. The number of amides is 1. The van der Waals surface area contributed by atoms with Crippen molar-refractivity contribution in [2.45, 2.75) is 12.5 Å². The van der Waals surface area contributed by atoms with Crippen LogP contribution in [0.4, 0.5) is 0 Å². The van der Waals surface area contributed by atoms with E-state index >= 15 is 0 Å². The number of hydrogen-bond acceptors (Lipinski definition) is 6. The van der Waals surface area contributed by atoms with E-state index in [0.29, 0.717) is 12.2 Å². The van der Waals surface area contributed by atoms with E-state index in [9.17, 15) is 18.0 Å². The summed E-state index contributed by atoms with van der Waals surface area (Å²) in [4.78, 5) is 24.2. The lowest BCUT2D eigenvalue weighted by molar-refractivity contribution is -0.124. The van der Waals surface area contributed by atoms with Gasteiger partial charge in [-0.2, -0.15) is 0 Å². The number of benzene rings is 2. The Bertz CT molecular complexity index is 953. The topological polar surface area (TPSA) is 98.8 Å². The Kier molecular flexibility index (Phi) is 5.13. The molecule has 0 aliphatic carbocycles. The normalized spacial score (nSPS) is 18.4. The van der Waals surface area contributed by atoms with E-state index in [-0.39, 0.29) is 17.1 Å². The minimum Gasteiger partial charge on any atom is -0.496 e. The highest BCUT2D eigenvalue weighted by atomic mass is 32.2. The van der Waals surface area contributed by atoms with Gasteiger partial charge in [0.25, 0.3) is 5.91 Å². The zero-order valence-electron chi connectivity index (χ0n) is 14.2. The van der Waals surface area contributed by atoms with Crippen molar-refractivity contribution >= 4 is 32.5 Å². The maximum absolute atomic E-state index is 12.3. The van der Waals surface area contributed by atoms with E-state index in [1.165, 1.54) is 7.11 Å². The Morgan fingerprint density at radius 3 is 2.50 bits per heavy atom. The van der Waals surface area contributed by atoms with Crippen LogP contribution in [0, 0.1) is 0 Å². The number of carbonyl (C=O) groups excluding carboxylic acids is 2. The number of carbonyl (C=O) groups is 2. The molecule has 0 spiro atoms. The van der Waals surface area contributed by atoms with Gasteiger partial charge in [0.1, 0.15) is 11.3 Å². The molecule has 138 valence electrons. The van der Waals surface area contributed by atoms with Gasteiger partial charge < -0.3 is 14.8 Å². The number of esters is 1. The summed E-state index contributed by atoms with van der Waals surface area (Å²) in [6.07, 6.45) is 0.376. The maximum Gasteiger partial charge on any atom is 0.342 e. The Balaban J connectivity index is 1.64. The molecule has 1 atom stereocenters. The van der Waals surface area contributed by atoms with Crippen LogP contribution >= 0.6 is 0 Å². The number of hydrogen-bond donors (Lipinski definition) is 1. The van der Waals surface area contributed by atoms with E-state index in [0.717, 1.165) is 10.8 Å². The molecule has 7 nitrogen and oxygen atoms in total. The highest BCUT2D eigenvalue weighted by Crippen LogP contribution is 2.26. The quantitative estimate of drug-likeness (QED) is 0.789. The van der Waals surface area contributed by atoms with E-state index < -0.39 is 34.4 Å². The molecule has 1 aliphatic rings. The Morgan fingerprint density at radius 2 is 1.88 bits per heavy atom. The minimum absolute atomic E-state index is 0.0615. The van der Waals surface area contributed by atoms with Crippen LogP contribution in [0.5, 0.6) is 5.75 Å². The second-order valence-corrected chi connectivity index (χ2v) is 8.37. The van der Waals surface area contributed by atoms with Gasteiger partial charge in [0.15, 0.2) is 16.4 Å². The van der Waals surface area contributed by atoms with Crippen LogP contribution in [0.25, 0.3) is 10.8 Å². The first-order valence-corrected chi connectivity index (χ1v) is 9.94. The van der Waals surface area contributed by atoms with Crippen LogP contribution in [0.3, 0.4) is 0 Å². The fraction of sp³-hybridized carbons (Fsp3) is 0.333. The molecule has 26 heavy (non-hydrogen) atoms. The zero-order chi connectivity index (χ0) is 18.7. The highest BCUT2D eigenvalue weighted by Gasteiger charge is 2.29. The standard InChI is InChI=1S/C18H19NO6S/c1-24-16-9-13-5-3-2-4-12(13)8-15(16)18(21)25-10-17(20)19-14-6-7-26(22,23)11-14/h2-5,8-9,14H,6-7,10-11H2,1H3,(H,19,20)/t14-/m0/s1. The second-order valence-electron chi connectivity index (χ2n) is 6.14. The Labute approximate surface area is 151 Å². The molecule has 2 aromatic rings. The minimum atomic E-state index is -3.08. The van der Waals surface area contributed by atoms with E-state index in [4.69, 9.17) is 9.47 Å². The molecule has 1 saturated heterocycles. The summed E-state index contributed by atoms with van der Waals surface area (Å²) < 4.78 is 33.1. The summed E-state index contributed by atoms with van der Waals surface area (Å²) in [7, 11) is -1.63. The van der Waals surface area contributed by atoms with Crippen molar-refractivity contribution in [3.05, 3.63) is 42.0 Å². The van der Waals surface area contributed by atoms with Crippen molar-refractivity contribution in [1.29, 1.82) is 0 Å². The monoisotopic (exact) mass is 377 g/mol. The molecule has 0 radical (unpaired) electrons. The third kappa shape index (κ3) is 4.13. The van der Waals surface area contributed by atoms with Gasteiger partial charge in [0.05, 0.1) is 18.6 Å². The molecule has 1 N–H and O–H groups in total. The van der Waals surface area contributed by atoms with Crippen molar-refractivity contribution < 1.29 is 27.5 Å². The summed E-state index contributed by atoms with van der Waals surface area (Å²) in [5, 5.41) is 4.34. The van der Waals surface area contributed by atoms with Gasteiger partial charge >= 0.3 is 5.97 Å². The van der Waals surface area contributed by atoms with E-state index in [1.54, 1.807) is 12.1 Å². The van der Waals surface area contributed by atoms with Gasteiger partial charge in [-0.05, 0) is 29.3 Å². The van der Waals surface area contributed by atoms with Crippen molar-refractivity contribution in [3.8, 4) is 5.75 Å². The van der Waals surface area contributed by atoms with Crippen LogP contribution in [-0.4, -0.2) is 51.6 Å². The third-order valence-corrected chi connectivity index (χ3v) is 5.99. The van der Waals surface area contributed by atoms with Crippen LogP contribution in [0.1, 0.15) is 16.8 Å². The summed E-state index contributed by atoms with van der Waals surface area (Å²) in [6.45, 7) is -0.481. The Morgan fingerprint density at radius 1 is 1.19 bits per heavy atom. The van der Waals surface area contributed by atoms with Gasteiger partial charge in [-0.3, -0.25) is 4.79 Å². The molecule has 1 aliphatic heterocycles. The number of sulfone groups is 1. The van der Waals surface area contributed by atoms with Crippen molar-refractivity contribution in [3.63, 3.8) is 0 Å². The summed E-state index contributed by atoms with van der Waals surface area (Å²) >= 11 is 0. The van der Waals surface area contributed by atoms with Gasteiger partial charge in [0.2, 0.25) is 0 Å². The molecule has 2 aromatic carbocycles. The Hall–Kier alpha value is -2.61. The van der Waals surface area contributed by atoms with Gasteiger partial charge in [0, 0.05) is 6.04 Å². The first kappa shape index (κ1) is 18.2. The molecule has 0 aromatic heterocycles. The maximum atomic E-state index is 12.3. The van der Waals surface area contributed by atoms with Crippen molar-refractivity contribution in [2.75, 3.05) is 25.2 Å². The predicted molar refractivity (Wildman–Crippen MR) is 96.0 cm³/mol. The first-order chi connectivity index (χ1) is 12.4. The van der Waals surface area contributed by atoms with E-state index in [2.05, 4.69) is 5.32 Å². The van der Waals surface area contributed by atoms with Gasteiger partial charge in [-0.15, -0.1) is 0 Å². The smallest absolute Gasteiger partial charge is 0.342 e. The number of ether oxygens (including phenoxy) is 2. The number of fused-ring (bicyclic) bond motifs is 1. The molecule has 0 bridgehead atoms. The molecule has 0 saturated carbocycles.